The molecule has 30 heavy (non-hydrogen) atoms. The van der Waals surface area contributed by atoms with Crippen molar-refractivity contribution in [3.05, 3.63) is 65.6 Å². The van der Waals surface area contributed by atoms with Crippen molar-refractivity contribution in [3.8, 4) is 11.4 Å². The number of rotatable bonds is 4. The highest BCUT2D eigenvalue weighted by Gasteiger charge is 2.42. The quantitative estimate of drug-likeness (QED) is 0.571. The molecule has 6 nitrogen and oxygen atoms in total. The molecular weight excluding hydrogens is 433 g/mol. The van der Waals surface area contributed by atoms with E-state index in [1.165, 1.54) is 12.1 Å². The van der Waals surface area contributed by atoms with Crippen molar-refractivity contribution in [1.82, 2.24) is 14.4 Å². The molecule has 1 aliphatic rings. The van der Waals surface area contributed by atoms with E-state index in [9.17, 15) is 30.4 Å². The molecule has 3 aromatic rings. The predicted molar refractivity (Wildman–Crippen MR) is 92.6 cm³/mol. The SMILES string of the molecule is O=S(=O)(c1c(F)cccc1F)N1CC(c2nc(-c3cccc(C(F)(F)F)c3)no2)C1. The van der Waals surface area contributed by atoms with E-state index in [0.29, 0.717) is 0 Å². The first-order valence-corrected chi connectivity index (χ1v) is 9.97. The normalized spacial score (nSPS) is 15.9. The third-order valence-electron chi connectivity index (χ3n) is 4.60. The van der Waals surface area contributed by atoms with Crippen LogP contribution in [0.1, 0.15) is 17.4 Å². The van der Waals surface area contributed by atoms with Crippen LogP contribution in [-0.2, 0) is 16.2 Å². The van der Waals surface area contributed by atoms with E-state index in [1.807, 2.05) is 0 Å². The van der Waals surface area contributed by atoms with Gasteiger partial charge in [-0.25, -0.2) is 17.2 Å². The topological polar surface area (TPSA) is 76.3 Å². The highest BCUT2D eigenvalue weighted by molar-refractivity contribution is 7.89. The molecule has 0 unspecified atom stereocenters. The maximum absolute atomic E-state index is 13.8. The summed E-state index contributed by atoms with van der Waals surface area (Å²) >= 11 is 0. The van der Waals surface area contributed by atoms with Gasteiger partial charge in [0.1, 0.15) is 11.6 Å². The maximum atomic E-state index is 13.8. The number of aromatic nitrogens is 2. The van der Waals surface area contributed by atoms with E-state index in [0.717, 1.165) is 34.6 Å². The summed E-state index contributed by atoms with van der Waals surface area (Å²) < 4.78 is 97.0. The largest absolute Gasteiger partial charge is 0.416 e. The molecule has 0 radical (unpaired) electrons. The predicted octanol–water partition coefficient (Wildman–Crippen LogP) is 3.82. The van der Waals surface area contributed by atoms with Gasteiger partial charge in [0.05, 0.1) is 11.5 Å². The molecule has 0 N–H and O–H groups in total. The number of halogens is 5. The average molecular weight is 445 g/mol. The summed E-state index contributed by atoms with van der Waals surface area (Å²) in [6, 6.07) is 7.08. The van der Waals surface area contributed by atoms with Gasteiger partial charge in [0.25, 0.3) is 0 Å². The lowest BCUT2D eigenvalue weighted by molar-refractivity contribution is -0.137. The van der Waals surface area contributed by atoms with Crippen molar-refractivity contribution in [2.24, 2.45) is 0 Å². The van der Waals surface area contributed by atoms with Crippen molar-refractivity contribution < 1.29 is 34.9 Å². The third-order valence-corrected chi connectivity index (χ3v) is 6.49. The van der Waals surface area contributed by atoms with Crippen molar-refractivity contribution in [3.63, 3.8) is 0 Å². The van der Waals surface area contributed by atoms with Gasteiger partial charge in [-0.3, -0.25) is 0 Å². The van der Waals surface area contributed by atoms with Gasteiger partial charge < -0.3 is 4.52 Å². The Morgan fingerprint density at radius 3 is 2.30 bits per heavy atom. The Labute approximate surface area is 167 Å². The van der Waals surface area contributed by atoms with Crippen LogP contribution >= 0.6 is 0 Å². The zero-order chi connectivity index (χ0) is 21.7. The zero-order valence-electron chi connectivity index (χ0n) is 14.9. The summed E-state index contributed by atoms with van der Waals surface area (Å²) in [5.41, 5.74) is -0.795. The lowest BCUT2D eigenvalue weighted by Crippen LogP contribution is -2.48. The minimum Gasteiger partial charge on any atom is -0.339 e. The summed E-state index contributed by atoms with van der Waals surface area (Å²) in [6.45, 7) is -0.333. The molecule has 12 heteroatoms. The summed E-state index contributed by atoms with van der Waals surface area (Å²) in [5.74, 6) is -3.03. The number of hydrogen-bond donors (Lipinski definition) is 0. The summed E-state index contributed by atoms with van der Waals surface area (Å²) in [7, 11) is -4.40. The fourth-order valence-electron chi connectivity index (χ4n) is 3.00. The second-order valence-electron chi connectivity index (χ2n) is 6.60. The molecule has 0 spiro atoms. The van der Waals surface area contributed by atoms with E-state index < -0.39 is 44.2 Å². The van der Waals surface area contributed by atoms with Gasteiger partial charge in [-0.1, -0.05) is 23.4 Å². The smallest absolute Gasteiger partial charge is 0.339 e. The number of benzene rings is 2. The molecule has 0 bridgehead atoms. The van der Waals surface area contributed by atoms with Crippen molar-refractivity contribution in [1.29, 1.82) is 0 Å². The molecule has 1 aliphatic heterocycles. The fourth-order valence-corrected chi connectivity index (χ4v) is 4.64. The molecule has 1 saturated heterocycles. The Hall–Kier alpha value is -2.86. The standard InChI is InChI=1S/C18H12F5N3O3S/c19-13-5-2-6-14(20)15(13)30(27,28)26-8-11(9-26)17-24-16(25-29-17)10-3-1-4-12(7-10)18(21,22)23/h1-7,11H,8-9H2. The van der Waals surface area contributed by atoms with Crippen LogP contribution in [0.25, 0.3) is 11.4 Å². The van der Waals surface area contributed by atoms with E-state index in [1.54, 1.807) is 0 Å². The second kappa shape index (κ2) is 7.13. The van der Waals surface area contributed by atoms with Crippen LogP contribution in [0.4, 0.5) is 22.0 Å². The number of hydrogen-bond acceptors (Lipinski definition) is 5. The Bertz CT molecular complexity index is 1180. The lowest BCUT2D eigenvalue weighted by atomic mass is 10.0. The average Bonchev–Trinajstić information content (AvgIpc) is 3.09. The molecule has 1 aromatic heterocycles. The molecule has 0 atom stereocenters. The van der Waals surface area contributed by atoms with Crippen LogP contribution in [0.15, 0.2) is 51.9 Å². The van der Waals surface area contributed by atoms with Crippen molar-refractivity contribution >= 4 is 10.0 Å². The van der Waals surface area contributed by atoms with Crippen LogP contribution in [0.2, 0.25) is 0 Å². The highest BCUT2D eigenvalue weighted by Crippen LogP contribution is 2.35. The van der Waals surface area contributed by atoms with Gasteiger partial charge in [0.15, 0.2) is 4.90 Å². The maximum Gasteiger partial charge on any atom is 0.416 e. The minimum atomic E-state index is -4.53. The Morgan fingerprint density at radius 2 is 1.67 bits per heavy atom. The summed E-state index contributed by atoms with van der Waals surface area (Å²) in [4.78, 5) is 2.99. The molecule has 0 amide bonds. The molecule has 2 heterocycles. The van der Waals surface area contributed by atoms with E-state index in [2.05, 4.69) is 10.1 Å². The monoisotopic (exact) mass is 445 g/mol. The number of alkyl halides is 3. The first-order chi connectivity index (χ1) is 14.1. The molecule has 0 aliphatic carbocycles. The van der Waals surface area contributed by atoms with Gasteiger partial charge in [-0.2, -0.15) is 22.5 Å². The van der Waals surface area contributed by atoms with Crippen LogP contribution in [-0.4, -0.2) is 36.0 Å². The van der Waals surface area contributed by atoms with E-state index in [4.69, 9.17) is 4.52 Å². The first kappa shape index (κ1) is 20.4. The Morgan fingerprint density at radius 1 is 1.03 bits per heavy atom. The molecule has 4 rings (SSSR count). The van der Waals surface area contributed by atoms with Crippen molar-refractivity contribution in [2.45, 2.75) is 17.0 Å². The van der Waals surface area contributed by atoms with Crippen LogP contribution in [0, 0.1) is 11.6 Å². The molecular formula is C18H12F5N3O3S. The zero-order valence-corrected chi connectivity index (χ0v) is 15.7. The van der Waals surface area contributed by atoms with Crippen LogP contribution in [0.5, 0.6) is 0 Å². The summed E-state index contributed by atoms with van der Waals surface area (Å²) in [6.07, 6.45) is -4.53. The Kier molecular flexibility index (Phi) is 4.85. The van der Waals surface area contributed by atoms with Crippen molar-refractivity contribution in [2.75, 3.05) is 13.1 Å². The summed E-state index contributed by atoms with van der Waals surface area (Å²) in [5, 5.41) is 3.64. The second-order valence-corrected chi connectivity index (χ2v) is 8.48. The van der Waals surface area contributed by atoms with Crippen LogP contribution < -0.4 is 0 Å². The molecule has 2 aromatic carbocycles. The first-order valence-electron chi connectivity index (χ1n) is 8.53. The molecule has 158 valence electrons. The highest BCUT2D eigenvalue weighted by atomic mass is 32.2. The van der Waals surface area contributed by atoms with Gasteiger partial charge in [-0.15, -0.1) is 0 Å². The van der Waals surface area contributed by atoms with E-state index >= 15 is 0 Å². The van der Waals surface area contributed by atoms with Gasteiger partial charge >= 0.3 is 6.18 Å². The number of sulfonamides is 1. The molecule has 0 saturated carbocycles. The minimum absolute atomic E-state index is 0.0165. The van der Waals surface area contributed by atoms with Gasteiger partial charge in [-0.05, 0) is 24.3 Å². The number of nitrogens with zero attached hydrogens (tertiary/aromatic N) is 3. The lowest BCUT2D eigenvalue weighted by Gasteiger charge is -2.35. The van der Waals surface area contributed by atoms with Crippen LogP contribution in [0.3, 0.4) is 0 Å². The van der Waals surface area contributed by atoms with Gasteiger partial charge in [0, 0.05) is 18.7 Å². The fraction of sp³-hybridized carbons (Fsp3) is 0.222. The van der Waals surface area contributed by atoms with Gasteiger partial charge in [0.2, 0.25) is 21.7 Å². The Balaban J connectivity index is 1.51. The molecule has 1 fully saturated rings. The van der Waals surface area contributed by atoms with E-state index in [-0.39, 0.29) is 30.4 Å². The third kappa shape index (κ3) is 3.56.